The van der Waals surface area contributed by atoms with E-state index in [1.54, 1.807) is 53.7 Å². The van der Waals surface area contributed by atoms with Gasteiger partial charge in [-0.1, -0.05) is 39.0 Å². The number of esters is 1. The predicted octanol–water partition coefficient (Wildman–Crippen LogP) is 2.42. The lowest BCUT2D eigenvalue weighted by molar-refractivity contribution is -0.164. The maximum absolute atomic E-state index is 12.6. The number of carbonyl (C=O) groups excluding carboxylic acids is 2. The van der Waals surface area contributed by atoms with Crippen LogP contribution < -0.4 is 0 Å². The minimum atomic E-state index is -1.83. The van der Waals surface area contributed by atoms with Gasteiger partial charge < -0.3 is 9.84 Å². The van der Waals surface area contributed by atoms with Crippen molar-refractivity contribution in [2.45, 2.75) is 53.2 Å². The van der Waals surface area contributed by atoms with E-state index in [2.05, 4.69) is 0 Å². The van der Waals surface area contributed by atoms with Crippen LogP contribution in [0.25, 0.3) is 0 Å². The first-order valence-electron chi connectivity index (χ1n) is 6.84. The second-order valence-electron chi connectivity index (χ2n) is 6.54. The molecule has 20 heavy (non-hydrogen) atoms. The lowest BCUT2D eigenvalue weighted by atomic mass is 9.68. The van der Waals surface area contributed by atoms with Gasteiger partial charge in [-0.25, -0.2) is 0 Å². The van der Waals surface area contributed by atoms with E-state index in [4.69, 9.17) is 4.74 Å². The number of hydrogen-bond acceptors (Lipinski definition) is 4. The van der Waals surface area contributed by atoms with Crippen molar-refractivity contribution in [1.82, 2.24) is 0 Å². The van der Waals surface area contributed by atoms with Crippen molar-refractivity contribution in [2.75, 3.05) is 0 Å². The van der Waals surface area contributed by atoms with Crippen molar-refractivity contribution >= 4 is 11.8 Å². The monoisotopic (exact) mass is 280 g/mol. The number of ketones is 1. The second kappa shape index (κ2) is 5.52. The second-order valence-corrected chi connectivity index (χ2v) is 6.54. The fraction of sp³-hybridized carbons (Fsp3) is 0.625. The van der Waals surface area contributed by atoms with Gasteiger partial charge in [-0.15, -0.1) is 0 Å². The van der Waals surface area contributed by atoms with E-state index in [-0.39, 0.29) is 11.9 Å². The van der Waals surface area contributed by atoms with Crippen molar-refractivity contribution in [3.8, 4) is 0 Å². The van der Waals surface area contributed by atoms with Crippen LogP contribution >= 0.6 is 0 Å². The molecular weight excluding hydrogens is 256 g/mol. The third-order valence-electron chi connectivity index (χ3n) is 3.33. The molecule has 0 saturated carbocycles. The van der Waals surface area contributed by atoms with Crippen LogP contribution in [0.3, 0.4) is 0 Å². The number of ether oxygens (including phenoxy) is 1. The maximum Gasteiger partial charge on any atom is 0.316 e. The van der Waals surface area contributed by atoms with Gasteiger partial charge in [-0.05, 0) is 26.3 Å². The summed E-state index contributed by atoms with van der Waals surface area (Å²) in [4.78, 5) is 24.8. The Kier molecular flexibility index (Phi) is 4.59. The highest BCUT2D eigenvalue weighted by atomic mass is 16.5. The quantitative estimate of drug-likeness (QED) is 0.806. The van der Waals surface area contributed by atoms with Gasteiger partial charge >= 0.3 is 5.97 Å². The molecule has 1 aliphatic carbocycles. The largest absolute Gasteiger partial charge is 0.462 e. The average Bonchev–Trinajstić information content (AvgIpc) is 2.29. The van der Waals surface area contributed by atoms with Gasteiger partial charge in [0.25, 0.3) is 0 Å². The highest BCUT2D eigenvalue weighted by molar-refractivity contribution is 5.99. The Morgan fingerprint density at radius 1 is 1.35 bits per heavy atom. The Bertz CT molecular complexity index is 465. The van der Waals surface area contributed by atoms with Crippen molar-refractivity contribution < 1.29 is 19.4 Å². The van der Waals surface area contributed by atoms with Crippen LogP contribution in [0.2, 0.25) is 0 Å². The average molecular weight is 280 g/mol. The molecule has 2 atom stereocenters. The van der Waals surface area contributed by atoms with Crippen molar-refractivity contribution in [1.29, 1.82) is 0 Å². The first kappa shape index (κ1) is 16.6. The first-order valence-corrected chi connectivity index (χ1v) is 6.84. The molecule has 1 N–H and O–H groups in total. The lowest BCUT2D eigenvalue weighted by Crippen LogP contribution is -2.55. The van der Waals surface area contributed by atoms with Gasteiger partial charge in [0.05, 0.1) is 6.10 Å². The third kappa shape index (κ3) is 3.01. The number of rotatable bonds is 3. The zero-order valence-electron chi connectivity index (χ0n) is 13.1. The molecule has 0 spiro atoms. The number of allylic oxidation sites excluding steroid dienone is 2. The molecular formula is C16H24O4. The summed E-state index contributed by atoms with van der Waals surface area (Å²) in [6.45, 7) is 10.3. The Morgan fingerprint density at radius 3 is 2.35 bits per heavy atom. The van der Waals surface area contributed by atoms with E-state index < -0.39 is 22.9 Å². The van der Waals surface area contributed by atoms with Crippen molar-refractivity contribution in [3.05, 3.63) is 23.8 Å². The first-order chi connectivity index (χ1) is 9.01. The van der Waals surface area contributed by atoms with Crippen molar-refractivity contribution in [2.24, 2.45) is 11.3 Å². The molecule has 1 rings (SSSR count). The van der Waals surface area contributed by atoms with Crippen LogP contribution in [0, 0.1) is 11.3 Å². The summed E-state index contributed by atoms with van der Waals surface area (Å²) in [5.74, 6) is -1.96. The van der Waals surface area contributed by atoms with E-state index in [1.165, 1.54) is 6.08 Å². The molecule has 0 aliphatic heterocycles. The Labute approximate surface area is 120 Å². The highest BCUT2D eigenvalue weighted by Crippen LogP contribution is 2.38. The number of hydrogen-bond donors (Lipinski definition) is 1. The van der Waals surface area contributed by atoms with Crippen LogP contribution in [-0.4, -0.2) is 28.6 Å². The van der Waals surface area contributed by atoms with E-state index >= 15 is 0 Å². The molecule has 0 saturated heterocycles. The SMILES string of the molecule is CC1=CC=CC(C(=O)OC(C)C)C1(O)C(=O)C(C)(C)C. The molecule has 0 aromatic rings. The van der Waals surface area contributed by atoms with Crippen LogP contribution in [0.1, 0.15) is 41.5 Å². The lowest BCUT2D eigenvalue weighted by Gasteiger charge is -2.38. The van der Waals surface area contributed by atoms with Crippen LogP contribution in [0.5, 0.6) is 0 Å². The third-order valence-corrected chi connectivity index (χ3v) is 3.33. The minimum absolute atomic E-state index is 0.295. The molecule has 0 fully saturated rings. The van der Waals surface area contributed by atoms with Gasteiger partial charge in [-0.3, -0.25) is 9.59 Å². The number of Topliss-reactive ketones (excluding diaryl/α,β-unsaturated/α-hetero) is 1. The summed E-state index contributed by atoms with van der Waals surface area (Å²) in [6.07, 6.45) is 4.56. The van der Waals surface area contributed by atoms with E-state index in [0.717, 1.165) is 0 Å². The molecule has 0 bridgehead atoms. The fourth-order valence-electron chi connectivity index (χ4n) is 2.27. The predicted molar refractivity (Wildman–Crippen MR) is 77.0 cm³/mol. The molecule has 0 amide bonds. The standard InChI is InChI=1S/C16H24O4/c1-10(2)20-13(17)12-9-7-8-11(3)16(12,19)14(18)15(4,5)6/h7-10,12,19H,1-6H3. The van der Waals surface area contributed by atoms with Crippen LogP contribution in [-0.2, 0) is 14.3 Å². The van der Waals surface area contributed by atoms with E-state index in [9.17, 15) is 14.7 Å². The summed E-state index contributed by atoms with van der Waals surface area (Å²) >= 11 is 0. The molecule has 4 heteroatoms. The van der Waals surface area contributed by atoms with E-state index in [0.29, 0.717) is 5.57 Å². The summed E-state index contributed by atoms with van der Waals surface area (Å²) in [5.41, 5.74) is -2.13. The molecule has 2 unspecified atom stereocenters. The van der Waals surface area contributed by atoms with Gasteiger partial charge in [-0.2, -0.15) is 0 Å². The van der Waals surface area contributed by atoms with Gasteiger partial charge in [0, 0.05) is 5.41 Å². The zero-order valence-corrected chi connectivity index (χ0v) is 13.1. The van der Waals surface area contributed by atoms with Gasteiger partial charge in [0.1, 0.15) is 5.92 Å². The van der Waals surface area contributed by atoms with Gasteiger partial charge in [0.15, 0.2) is 11.4 Å². The Balaban J connectivity index is 3.23. The van der Waals surface area contributed by atoms with Gasteiger partial charge in [0.2, 0.25) is 0 Å². The molecule has 0 aromatic carbocycles. The minimum Gasteiger partial charge on any atom is -0.462 e. The molecule has 0 heterocycles. The smallest absolute Gasteiger partial charge is 0.316 e. The highest BCUT2D eigenvalue weighted by Gasteiger charge is 2.52. The summed E-state index contributed by atoms with van der Waals surface area (Å²) < 4.78 is 5.17. The molecule has 4 nitrogen and oxygen atoms in total. The topological polar surface area (TPSA) is 63.6 Å². The zero-order chi connectivity index (χ0) is 15.7. The van der Waals surface area contributed by atoms with Crippen LogP contribution in [0.4, 0.5) is 0 Å². The normalized spacial score (nSPS) is 26.4. The summed E-state index contributed by atoms with van der Waals surface area (Å²) in [6, 6.07) is 0. The Hall–Kier alpha value is -1.42. The Morgan fingerprint density at radius 2 is 1.90 bits per heavy atom. The number of aliphatic hydroxyl groups is 1. The summed E-state index contributed by atoms with van der Waals surface area (Å²) in [5, 5.41) is 10.9. The molecule has 112 valence electrons. The van der Waals surface area contributed by atoms with Crippen LogP contribution in [0.15, 0.2) is 23.8 Å². The van der Waals surface area contributed by atoms with Crippen molar-refractivity contribution in [3.63, 3.8) is 0 Å². The fourth-order valence-corrected chi connectivity index (χ4v) is 2.27. The maximum atomic E-state index is 12.6. The summed E-state index contributed by atoms with van der Waals surface area (Å²) in [7, 11) is 0. The molecule has 1 aliphatic rings. The van der Waals surface area contributed by atoms with E-state index in [1.807, 2.05) is 0 Å². The number of carbonyl (C=O) groups is 2. The molecule has 0 aromatic heterocycles. The molecule has 0 radical (unpaired) electrons.